The summed E-state index contributed by atoms with van der Waals surface area (Å²) in [6.45, 7) is 7.35. The van der Waals surface area contributed by atoms with Gasteiger partial charge in [-0.25, -0.2) is 4.98 Å². The Bertz CT molecular complexity index is 1240. The summed E-state index contributed by atoms with van der Waals surface area (Å²) < 4.78 is 7.95. The molecule has 32 heavy (non-hydrogen) atoms. The molecule has 0 atom stereocenters. The lowest BCUT2D eigenvalue weighted by molar-refractivity contribution is -0.123. The Balaban J connectivity index is 1.40. The van der Waals surface area contributed by atoms with Crippen molar-refractivity contribution in [3.8, 4) is 5.75 Å². The van der Waals surface area contributed by atoms with Crippen LogP contribution in [0.5, 0.6) is 5.75 Å². The summed E-state index contributed by atoms with van der Waals surface area (Å²) in [5.41, 5.74) is 6.69. The van der Waals surface area contributed by atoms with E-state index in [0.717, 1.165) is 40.3 Å². The van der Waals surface area contributed by atoms with Crippen LogP contribution in [0.15, 0.2) is 66.7 Å². The first-order chi connectivity index (χ1) is 15.5. The number of ether oxygens (including phenoxy) is 1. The van der Waals surface area contributed by atoms with E-state index in [-0.39, 0.29) is 12.5 Å². The number of para-hydroxylation sites is 2. The van der Waals surface area contributed by atoms with Gasteiger partial charge in [-0.3, -0.25) is 4.79 Å². The Morgan fingerprint density at radius 1 is 0.969 bits per heavy atom. The Hall–Kier alpha value is -3.60. The largest absolute Gasteiger partial charge is 0.483 e. The highest BCUT2D eigenvalue weighted by molar-refractivity contribution is 5.78. The van der Waals surface area contributed by atoms with Crippen molar-refractivity contribution in [3.63, 3.8) is 0 Å². The Morgan fingerprint density at radius 3 is 2.62 bits per heavy atom. The number of amides is 1. The molecule has 0 aliphatic heterocycles. The van der Waals surface area contributed by atoms with Crippen molar-refractivity contribution in [3.05, 3.63) is 94.8 Å². The molecule has 1 heterocycles. The van der Waals surface area contributed by atoms with Crippen LogP contribution in [0.1, 0.15) is 28.1 Å². The molecule has 4 rings (SSSR count). The zero-order valence-electron chi connectivity index (χ0n) is 18.9. The number of carbonyl (C=O) groups excluding carboxylic acids is 1. The molecule has 0 spiro atoms. The number of rotatable bonds is 8. The molecule has 0 saturated carbocycles. The molecule has 0 saturated heterocycles. The van der Waals surface area contributed by atoms with Crippen molar-refractivity contribution >= 4 is 16.9 Å². The van der Waals surface area contributed by atoms with Crippen LogP contribution in [0.25, 0.3) is 11.0 Å². The first-order valence-electron chi connectivity index (χ1n) is 11.0. The molecule has 1 N–H and O–H groups in total. The van der Waals surface area contributed by atoms with Crippen LogP contribution >= 0.6 is 0 Å². The molecule has 0 bridgehead atoms. The number of hydrogen-bond donors (Lipinski definition) is 1. The molecule has 1 aromatic heterocycles. The summed E-state index contributed by atoms with van der Waals surface area (Å²) in [6, 6.07) is 22.7. The normalized spacial score (nSPS) is 11.0. The number of hydrogen-bond acceptors (Lipinski definition) is 3. The maximum atomic E-state index is 12.3. The summed E-state index contributed by atoms with van der Waals surface area (Å²) in [4.78, 5) is 17.1. The lowest BCUT2D eigenvalue weighted by Crippen LogP contribution is -2.31. The maximum Gasteiger partial charge on any atom is 0.257 e. The standard InChI is InChI=1S/C27H29N3O2/c1-19-7-6-8-22(15-19)17-30-24-10-5-4-9-23(24)29-26(30)13-14-28-27(31)18-32-25-16-20(2)11-12-21(25)3/h4-12,15-16H,13-14,17-18H2,1-3H3,(H,28,31). The Morgan fingerprint density at radius 2 is 1.78 bits per heavy atom. The van der Waals surface area contributed by atoms with E-state index in [0.29, 0.717) is 13.0 Å². The summed E-state index contributed by atoms with van der Waals surface area (Å²) in [5.74, 6) is 1.58. The molecule has 3 aromatic carbocycles. The average Bonchev–Trinajstić information content (AvgIpc) is 3.12. The fraction of sp³-hybridized carbons (Fsp3) is 0.259. The van der Waals surface area contributed by atoms with Crippen molar-refractivity contribution in [2.75, 3.05) is 13.2 Å². The first-order valence-corrected chi connectivity index (χ1v) is 11.0. The smallest absolute Gasteiger partial charge is 0.257 e. The van der Waals surface area contributed by atoms with Crippen LogP contribution in [-0.4, -0.2) is 28.6 Å². The number of aryl methyl sites for hydroxylation is 3. The van der Waals surface area contributed by atoms with Gasteiger partial charge in [0.25, 0.3) is 5.91 Å². The van der Waals surface area contributed by atoms with Gasteiger partial charge in [-0.1, -0.05) is 54.1 Å². The lowest BCUT2D eigenvalue weighted by atomic mass is 10.1. The van der Waals surface area contributed by atoms with E-state index in [4.69, 9.17) is 9.72 Å². The fourth-order valence-corrected chi connectivity index (χ4v) is 3.86. The third kappa shape index (κ3) is 5.17. The Labute approximate surface area is 189 Å². The number of benzene rings is 3. The van der Waals surface area contributed by atoms with E-state index in [1.54, 1.807) is 0 Å². The second kappa shape index (κ2) is 9.69. The van der Waals surface area contributed by atoms with Gasteiger partial charge in [-0.15, -0.1) is 0 Å². The van der Waals surface area contributed by atoms with Gasteiger partial charge < -0.3 is 14.6 Å². The SMILES string of the molecule is Cc1cccc(Cn2c(CCNC(=O)COc3cc(C)ccc3C)nc3ccccc32)c1. The van der Waals surface area contributed by atoms with E-state index in [1.165, 1.54) is 11.1 Å². The number of fused-ring (bicyclic) bond motifs is 1. The van der Waals surface area contributed by atoms with Gasteiger partial charge in [-0.05, 0) is 55.7 Å². The van der Waals surface area contributed by atoms with Crippen molar-refractivity contribution in [1.29, 1.82) is 0 Å². The van der Waals surface area contributed by atoms with Gasteiger partial charge in [0.15, 0.2) is 6.61 Å². The summed E-state index contributed by atoms with van der Waals surface area (Å²) in [6.07, 6.45) is 0.649. The first kappa shape index (κ1) is 21.6. The third-order valence-corrected chi connectivity index (χ3v) is 5.53. The van der Waals surface area contributed by atoms with Crippen molar-refractivity contribution in [2.45, 2.75) is 33.7 Å². The number of imidazole rings is 1. The molecule has 164 valence electrons. The predicted molar refractivity (Wildman–Crippen MR) is 128 cm³/mol. The molecule has 5 heteroatoms. The number of nitrogens with one attached hydrogen (secondary N) is 1. The molecule has 1 amide bonds. The summed E-state index contributed by atoms with van der Waals surface area (Å²) in [5, 5.41) is 2.96. The molecule has 4 aromatic rings. The maximum absolute atomic E-state index is 12.3. The minimum atomic E-state index is -0.132. The van der Waals surface area contributed by atoms with Crippen molar-refractivity contribution < 1.29 is 9.53 Å². The second-order valence-corrected chi connectivity index (χ2v) is 8.25. The number of carbonyl (C=O) groups is 1. The van der Waals surface area contributed by atoms with E-state index in [9.17, 15) is 4.79 Å². The number of nitrogens with zero attached hydrogens (tertiary/aromatic N) is 2. The molecule has 0 aliphatic carbocycles. The van der Waals surface area contributed by atoms with Gasteiger partial charge in [0.05, 0.1) is 11.0 Å². The second-order valence-electron chi connectivity index (χ2n) is 8.25. The van der Waals surface area contributed by atoms with Gasteiger partial charge >= 0.3 is 0 Å². The minimum Gasteiger partial charge on any atom is -0.483 e. The highest BCUT2D eigenvalue weighted by Gasteiger charge is 2.12. The van der Waals surface area contributed by atoms with Crippen LogP contribution in [-0.2, 0) is 17.8 Å². The van der Waals surface area contributed by atoms with Crippen LogP contribution in [0.2, 0.25) is 0 Å². The topological polar surface area (TPSA) is 56.2 Å². The fourth-order valence-electron chi connectivity index (χ4n) is 3.86. The summed E-state index contributed by atoms with van der Waals surface area (Å²) in [7, 11) is 0. The quantitative estimate of drug-likeness (QED) is 0.442. The van der Waals surface area contributed by atoms with E-state index in [1.807, 2.05) is 50.2 Å². The van der Waals surface area contributed by atoms with E-state index in [2.05, 4.69) is 47.1 Å². The van der Waals surface area contributed by atoms with Crippen LogP contribution in [0.3, 0.4) is 0 Å². The molecule has 0 fully saturated rings. The monoisotopic (exact) mass is 427 g/mol. The molecule has 0 radical (unpaired) electrons. The zero-order chi connectivity index (χ0) is 22.5. The minimum absolute atomic E-state index is 0.00397. The van der Waals surface area contributed by atoms with Gasteiger partial charge in [0, 0.05) is 19.5 Å². The van der Waals surface area contributed by atoms with Crippen molar-refractivity contribution in [2.24, 2.45) is 0 Å². The van der Waals surface area contributed by atoms with Crippen molar-refractivity contribution in [1.82, 2.24) is 14.9 Å². The number of aromatic nitrogens is 2. The van der Waals surface area contributed by atoms with Crippen LogP contribution in [0.4, 0.5) is 0 Å². The lowest BCUT2D eigenvalue weighted by Gasteiger charge is -2.12. The predicted octanol–water partition coefficient (Wildman–Crippen LogP) is 4.75. The Kier molecular flexibility index (Phi) is 6.55. The van der Waals surface area contributed by atoms with Crippen LogP contribution in [0, 0.1) is 20.8 Å². The molecule has 5 nitrogen and oxygen atoms in total. The highest BCUT2D eigenvalue weighted by Crippen LogP contribution is 2.20. The third-order valence-electron chi connectivity index (χ3n) is 5.53. The zero-order valence-corrected chi connectivity index (χ0v) is 18.9. The van der Waals surface area contributed by atoms with Gasteiger partial charge in [0.2, 0.25) is 0 Å². The molecular formula is C27H29N3O2. The highest BCUT2D eigenvalue weighted by atomic mass is 16.5. The molecule has 0 aliphatic rings. The van der Waals surface area contributed by atoms with E-state index < -0.39 is 0 Å². The van der Waals surface area contributed by atoms with Gasteiger partial charge in [0.1, 0.15) is 11.6 Å². The average molecular weight is 428 g/mol. The van der Waals surface area contributed by atoms with Crippen LogP contribution < -0.4 is 10.1 Å². The van der Waals surface area contributed by atoms with E-state index >= 15 is 0 Å². The molecular weight excluding hydrogens is 398 g/mol. The molecule has 0 unspecified atom stereocenters. The summed E-state index contributed by atoms with van der Waals surface area (Å²) >= 11 is 0. The van der Waals surface area contributed by atoms with Gasteiger partial charge in [-0.2, -0.15) is 0 Å².